The van der Waals surface area contributed by atoms with Crippen molar-refractivity contribution >= 4 is 0 Å². The molecule has 0 aliphatic rings. The summed E-state index contributed by atoms with van der Waals surface area (Å²) in [5.74, 6) is 0. The summed E-state index contributed by atoms with van der Waals surface area (Å²) >= 11 is 0. The van der Waals surface area contributed by atoms with Crippen molar-refractivity contribution < 1.29 is 4.74 Å². The van der Waals surface area contributed by atoms with Crippen LogP contribution in [0.5, 0.6) is 0 Å². The maximum atomic E-state index is 5.87. The van der Waals surface area contributed by atoms with Gasteiger partial charge in [-0.1, -0.05) is 13.8 Å². The van der Waals surface area contributed by atoms with Gasteiger partial charge in [0, 0.05) is 19.2 Å². The van der Waals surface area contributed by atoms with Gasteiger partial charge in [-0.3, -0.25) is 4.90 Å². The minimum atomic E-state index is -0.0350. The van der Waals surface area contributed by atoms with Gasteiger partial charge in [-0.2, -0.15) is 0 Å². The smallest absolute Gasteiger partial charge is 0.0659 e. The fraction of sp³-hybridized carbons (Fsp3) is 1.00. The first-order chi connectivity index (χ1) is 7.05. The Kier molecular flexibility index (Phi) is 7.14. The highest BCUT2D eigenvalue weighted by molar-refractivity contribution is 4.88. The lowest BCUT2D eigenvalue weighted by Crippen LogP contribution is -2.56. The summed E-state index contributed by atoms with van der Waals surface area (Å²) in [6.07, 6.45) is 2.32. The minimum Gasteiger partial charge on any atom is -0.380 e. The largest absolute Gasteiger partial charge is 0.380 e. The summed E-state index contributed by atoms with van der Waals surface area (Å²) in [7, 11) is 2.16. The zero-order valence-corrected chi connectivity index (χ0v) is 11.0. The van der Waals surface area contributed by atoms with Crippen LogP contribution in [-0.2, 0) is 4.74 Å². The fourth-order valence-corrected chi connectivity index (χ4v) is 1.90. The molecule has 0 spiro atoms. The van der Waals surface area contributed by atoms with Gasteiger partial charge in [0.1, 0.15) is 0 Å². The van der Waals surface area contributed by atoms with Crippen LogP contribution in [0.3, 0.4) is 0 Å². The lowest BCUT2D eigenvalue weighted by Gasteiger charge is -2.42. The molecule has 0 amide bonds. The lowest BCUT2D eigenvalue weighted by atomic mass is 9.97. The van der Waals surface area contributed by atoms with Crippen LogP contribution in [0.1, 0.15) is 40.5 Å². The molecule has 0 heterocycles. The average Bonchev–Trinajstić information content (AvgIpc) is 2.27. The molecule has 0 aromatic heterocycles. The van der Waals surface area contributed by atoms with Crippen molar-refractivity contribution in [1.82, 2.24) is 4.90 Å². The molecule has 3 heteroatoms. The maximum Gasteiger partial charge on any atom is 0.0659 e. The zero-order valence-electron chi connectivity index (χ0n) is 11.0. The second-order valence-electron chi connectivity index (χ2n) is 4.42. The molecule has 0 fully saturated rings. The Bertz CT molecular complexity index is 160. The van der Waals surface area contributed by atoms with Crippen LogP contribution in [0.25, 0.3) is 0 Å². The van der Waals surface area contributed by atoms with Crippen molar-refractivity contribution in [3.05, 3.63) is 0 Å². The van der Waals surface area contributed by atoms with Gasteiger partial charge in [0.15, 0.2) is 0 Å². The Balaban J connectivity index is 4.46. The van der Waals surface area contributed by atoms with E-state index in [4.69, 9.17) is 10.5 Å². The second-order valence-corrected chi connectivity index (χ2v) is 4.42. The third-order valence-electron chi connectivity index (χ3n) is 3.40. The molecular weight excluding hydrogens is 188 g/mol. The van der Waals surface area contributed by atoms with E-state index in [9.17, 15) is 0 Å². The summed E-state index contributed by atoms with van der Waals surface area (Å²) in [4.78, 5) is 2.38. The Morgan fingerprint density at radius 1 is 1.27 bits per heavy atom. The van der Waals surface area contributed by atoms with Crippen LogP contribution in [0.4, 0.5) is 0 Å². The molecule has 15 heavy (non-hydrogen) atoms. The SMILES string of the molecule is CCOCC(C)(CN)N(C)C(CC)CC. The van der Waals surface area contributed by atoms with E-state index in [-0.39, 0.29) is 5.54 Å². The third-order valence-corrected chi connectivity index (χ3v) is 3.40. The van der Waals surface area contributed by atoms with Crippen molar-refractivity contribution in [2.75, 3.05) is 26.8 Å². The highest BCUT2D eigenvalue weighted by Crippen LogP contribution is 2.19. The molecule has 2 N–H and O–H groups in total. The van der Waals surface area contributed by atoms with Crippen LogP contribution in [0.2, 0.25) is 0 Å². The number of nitrogens with two attached hydrogens (primary N) is 1. The molecule has 0 aliphatic heterocycles. The van der Waals surface area contributed by atoms with Gasteiger partial charge in [0.2, 0.25) is 0 Å². The Labute approximate surface area is 95.0 Å². The van der Waals surface area contributed by atoms with Crippen molar-refractivity contribution in [3.8, 4) is 0 Å². The fourth-order valence-electron chi connectivity index (χ4n) is 1.90. The minimum absolute atomic E-state index is 0.0350. The van der Waals surface area contributed by atoms with Crippen molar-refractivity contribution in [2.45, 2.75) is 52.1 Å². The van der Waals surface area contributed by atoms with E-state index in [1.807, 2.05) is 6.92 Å². The molecular formula is C12H28N2O. The first-order valence-electron chi connectivity index (χ1n) is 6.06. The Morgan fingerprint density at radius 2 is 1.80 bits per heavy atom. The van der Waals surface area contributed by atoms with E-state index in [0.717, 1.165) is 19.4 Å². The van der Waals surface area contributed by atoms with E-state index in [1.165, 1.54) is 0 Å². The number of ether oxygens (including phenoxy) is 1. The van der Waals surface area contributed by atoms with Gasteiger partial charge < -0.3 is 10.5 Å². The molecule has 1 atom stereocenters. The number of rotatable bonds is 8. The van der Waals surface area contributed by atoms with Crippen LogP contribution >= 0.6 is 0 Å². The molecule has 0 rings (SSSR count). The van der Waals surface area contributed by atoms with Crippen LogP contribution in [-0.4, -0.2) is 43.3 Å². The summed E-state index contributed by atoms with van der Waals surface area (Å²) < 4.78 is 5.53. The molecule has 3 nitrogen and oxygen atoms in total. The molecule has 92 valence electrons. The molecule has 0 aliphatic carbocycles. The quantitative estimate of drug-likeness (QED) is 0.673. The van der Waals surface area contributed by atoms with E-state index in [1.54, 1.807) is 0 Å². The van der Waals surface area contributed by atoms with Crippen molar-refractivity contribution in [1.29, 1.82) is 0 Å². The van der Waals surface area contributed by atoms with Gasteiger partial charge in [-0.05, 0) is 33.7 Å². The van der Waals surface area contributed by atoms with E-state index in [0.29, 0.717) is 19.2 Å². The number of likely N-dealkylation sites (N-methyl/N-ethyl adjacent to an activating group) is 1. The number of nitrogens with zero attached hydrogens (tertiary/aromatic N) is 1. The standard InChI is InChI=1S/C12H28N2O/c1-6-11(7-2)14(5)12(4,9-13)10-15-8-3/h11H,6-10,13H2,1-5H3. The second kappa shape index (κ2) is 7.20. The average molecular weight is 216 g/mol. The highest BCUT2D eigenvalue weighted by atomic mass is 16.5. The van der Waals surface area contributed by atoms with E-state index >= 15 is 0 Å². The summed E-state index contributed by atoms with van der Waals surface area (Å²) in [6.45, 7) is 10.8. The molecule has 0 bridgehead atoms. The van der Waals surface area contributed by atoms with E-state index < -0.39 is 0 Å². The monoisotopic (exact) mass is 216 g/mol. The van der Waals surface area contributed by atoms with Gasteiger partial charge in [0.25, 0.3) is 0 Å². The molecule has 0 radical (unpaired) electrons. The molecule has 0 aromatic rings. The lowest BCUT2D eigenvalue weighted by molar-refractivity contribution is 0.000583. The molecule has 0 aromatic carbocycles. The number of hydrogen-bond acceptors (Lipinski definition) is 3. The zero-order chi connectivity index (χ0) is 11.9. The van der Waals surface area contributed by atoms with Gasteiger partial charge in [-0.15, -0.1) is 0 Å². The van der Waals surface area contributed by atoms with Crippen molar-refractivity contribution in [2.24, 2.45) is 5.73 Å². The summed E-state index contributed by atoms with van der Waals surface area (Å²) in [6, 6.07) is 0.596. The number of hydrogen-bond donors (Lipinski definition) is 1. The Hall–Kier alpha value is -0.120. The third kappa shape index (κ3) is 4.09. The predicted octanol–water partition coefficient (Wildman–Crippen LogP) is 1.86. The summed E-state index contributed by atoms with van der Waals surface area (Å²) in [5.41, 5.74) is 5.84. The molecule has 1 unspecified atom stereocenters. The normalized spacial score (nSPS) is 16.0. The topological polar surface area (TPSA) is 38.5 Å². The van der Waals surface area contributed by atoms with Gasteiger partial charge in [-0.25, -0.2) is 0 Å². The van der Waals surface area contributed by atoms with Gasteiger partial charge in [0.05, 0.1) is 12.1 Å². The van der Waals surface area contributed by atoms with Crippen LogP contribution < -0.4 is 5.73 Å². The molecule has 0 saturated heterocycles. The van der Waals surface area contributed by atoms with Gasteiger partial charge >= 0.3 is 0 Å². The predicted molar refractivity (Wildman–Crippen MR) is 66.1 cm³/mol. The van der Waals surface area contributed by atoms with Crippen LogP contribution in [0, 0.1) is 0 Å². The summed E-state index contributed by atoms with van der Waals surface area (Å²) in [5, 5.41) is 0. The maximum absolute atomic E-state index is 5.87. The van der Waals surface area contributed by atoms with Crippen molar-refractivity contribution in [3.63, 3.8) is 0 Å². The molecule has 0 saturated carbocycles. The first-order valence-corrected chi connectivity index (χ1v) is 6.06. The Morgan fingerprint density at radius 3 is 2.13 bits per heavy atom. The van der Waals surface area contributed by atoms with E-state index in [2.05, 4.69) is 32.7 Å². The first kappa shape index (κ1) is 14.9. The highest BCUT2D eigenvalue weighted by Gasteiger charge is 2.31. The van der Waals surface area contributed by atoms with Crippen LogP contribution in [0.15, 0.2) is 0 Å².